The lowest BCUT2D eigenvalue weighted by Crippen LogP contribution is -2.47. The molecule has 4 heterocycles. The van der Waals surface area contributed by atoms with Gasteiger partial charge < -0.3 is 14.5 Å². The van der Waals surface area contributed by atoms with Crippen LogP contribution in [0.15, 0.2) is 30.3 Å². The number of cyclic esters (lactones) is 1. The van der Waals surface area contributed by atoms with Crippen molar-refractivity contribution in [3.63, 3.8) is 0 Å². The second-order valence-electron chi connectivity index (χ2n) is 7.21. The normalized spacial score (nSPS) is 25.5. The summed E-state index contributed by atoms with van der Waals surface area (Å²) in [5, 5.41) is 0. The molecule has 0 saturated carbocycles. The van der Waals surface area contributed by atoms with Crippen LogP contribution in [-0.4, -0.2) is 71.4 Å². The summed E-state index contributed by atoms with van der Waals surface area (Å²) in [5.74, 6) is -0.108. The predicted molar refractivity (Wildman–Crippen MR) is 93.0 cm³/mol. The Bertz CT molecular complexity index is 708. The van der Waals surface area contributed by atoms with Crippen LogP contribution in [0.3, 0.4) is 0 Å². The van der Waals surface area contributed by atoms with Crippen molar-refractivity contribution in [1.29, 1.82) is 0 Å². The second kappa shape index (κ2) is 6.97. The molecule has 0 spiro atoms. The van der Waals surface area contributed by atoms with Gasteiger partial charge >= 0.3 is 6.09 Å². The summed E-state index contributed by atoms with van der Waals surface area (Å²) in [6, 6.07) is 9.99. The van der Waals surface area contributed by atoms with Crippen molar-refractivity contribution >= 4 is 17.9 Å². The number of piperidine rings is 1. The second-order valence-corrected chi connectivity index (χ2v) is 7.21. The zero-order chi connectivity index (χ0) is 18.1. The number of amides is 3. The van der Waals surface area contributed by atoms with Gasteiger partial charge in [-0.15, -0.1) is 0 Å². The highest BCUT2D eigenvalue weighted by molar-refractivity contribution is 5.85. The average molecular weight is 357 g/mol. The lowest BCUT2D eigenvalue weighted by Gasteiger charge is -2.36. The number of carbonyl (C=O) groups is 3. The van der Waals surface area contributed by atoms with Crippen molar-refractivity contribution in [2.75, 3.05) is 32.8 Å². The van der Waals surface area contributed by atoms with Crippen LogP contribution in [-0.2, 0) is 20.9 Å². The molecule has 0 aliphatic carbocycles. The summed E-state index contributed by atoms with van der Waals surface area (Å²) in [5.41, 5.74) is 1.10. The van der Waals surface area contributed by atoms with E-state index in [0.717, 1.165) is 18.4 Å². The molecule has 4 fully saturated rings. The van der Waals surface area contributed by atoms with E-state index in [9.17, 15) is 14.4 Å². The highest BCUT2D eigenvalue weighted by Crippen LogP contribution is 2.30. The lowest BCUT2D eigenvalue weighted by atomic mass is 9.93. The Morgan fingerprint density at radius 3 is 2.65 bits per heavy atom. The molecule has 7 heteroatoms. The molecule has 1 aromatic rings. The molecular formula is C19H23N3O4. The maximum atomic E-state index is 12.9. The predicted octanol–water partition coefficient (Wildman–Crippen LogP) is 1.09. The van der Waals surface area contributed by atoms with E-state index in [-0.39, 0.29) is 30.3 Å². The maximum absolute atomic E-state index is 12.9. The molecule has 2 bridgehead atoms. The Balaban J connectivity index is 1.46. The van der Waals surface area contributed by atoms with Crippen LogP contribution < -0.4 is 0 Å². The largest absolute Gasteiger partial charge is 0.448 e. The van der Waals surface area contributed by atoms with Crippen molar-refractivity contribution < 1.29 is 19.1 Å². The zero-order valence-electron chi connectivity index (χ0n) is 14.7. The third kappa shape index (κ3) is 3.25. The Morgan fingerprint density at radius 2 is 1.92 bits per heavy atom. The van der Waals surface area contributed by atoms with Gasteiger partial charge in [-0.3, -0.25) is 14.5 Å². The third-order valence-corrected chi connectivity index (χ3v) is 5.51. The quantitative estimate of drug-likeness (QED) is 0.809. The van der Waals surface area contributed by atoms with E-state index in [1.54, 1.807) is 4.90 Å². The van der Waals surface area contributed by atoms with Crippen molar-refractivity contribution in [2.24, 2.45) is 5.92 Å². The lowest BCUT2D eigenvalue weighted by molar-refractivity contribution is -0.140. The van der Waals surface area contributed by atoms with Gasteiger partial charge in [-0.2, -0.15) is 0 Å². The molecule has 5 rings (SSSR count). The summed E-state index contributed by atoms with van der Waals surface area (Å²) in [7, 11) is 0. The fourth-order valence-electron chi connectivity index (χ4n) is 4.06. The number of hydrogen-bond donors (Lipinski definition) is 0. The van der Waals surface area contributed by atoms with Crippen molar-refractivity contribution in [1.82, 2.24) is 14.7 Å². The minimum absolute atomic E-state index is 0.0329. The van der Waals surface area contributed by atoms with Crippen LogP contribution in [0.25, 0.3) is 0 Å². The van der Waals surface area contributed by atoms with Crippen molar-refractivity contribution in [3.05, 3.63) is 35.9 Å². The molecule has 0 unspecified atom stereocenters. The molecule has 4 aliphatic rings. The summed E-state index contributed by atoms with van der Waals surface area (Å²) < 4.78 is 4.89. The molecule has 138 valence electrons. The molecular weight excluding hydrogens is 334 g/mol. The van der Waals surface area contributed by atoms with Gasteiger partial charge in [0.05, 0.1) is 12.5 Å². The minimum atomic E-state index is -0.432. The first-order chi connectivity index (χ1) is 12.6. The van der Waals surface area contributed by atoms with Gasteiger partial charge in [0.1, 0.15) is 13.2 Å². The maximum Gasteiger partial charge on any atom is 0.410 e. The molecule has 7 nitrogen and oxygen atoms in total. The molecule has 4 saturated heterocycles. The summed E-state index contributed by atoms with van der Waals surface area (Å²) in [4.78, 5) is 42.3. The van der Waals surface area contributed by atoms with Gasteiger partial charge in [-0.1, -0.05) is 30.3 Å². The van der Waals surface area contributed by atoms with Crippen LogP contribution in [0.4, 0.5) is 4.79 Å². The van der Waals surface area contributed by atoms with E-state index >= 15 is 0 Å². The highest BCUT2D eigenvalue weighted by Gasteiger charge is 2.42. The molecule has 2 atom stereocenters. The number of nitrogens with zero attached hydrogens (tertiary/aromatic N) is 3. The van der Waals surface area contributed by atoms with E-state index in [4.69, 9.17) is 4.74 Å². The van der Waals surface area contributed by atoms with Gasteiger partial charge in [0.25, 0.3) is 0 Å². The number of ether oxygens (including phenoxy) is 1. The molecule has 0 N–H and O–H groups in total. The number of rotatable bonds is 4. The summed E-state index contributed by atoms with van der Waals surface area (Å²) in [6.07, 6.45) is 1.31. The topological polar surface area (TPSA) is 70.2 Å². The molecule has 0 aromatic heterocycles. The standard InChI is InChI=1S/C19H23N3O4/c23-17(13-20-8-9-26-19(20)25)21-11-15-6-7-16(12-21)22(18(15)24)10-14-4-2-1-3-5-14/h1-5,15-16H,6-13H2/t15-,16+/m0/s1. The Labute approximate surface area is 152 Å². The smallest absolute Gasteiger partial charge is 0.410 e. The summed E-state index contributed by atoms with van der Waals surface area (Å²) in [6.45, 7) is 2.39. The van der Waals surface area contributed by atoms with Crippen LogP contribution >= 0.6 is 0 Å². The monoisotopic (exact) mass is 357 g/mol. The fraction of sp³-hybridized carbons (Fsp3) is 0.526. The van der Waals surface area contributed by atoms with Crippen LogP contribution in [0.1, 0.15) is 18.4 Å². The zero-order valence-corrected chi connectivity index (χ0v) is 14.7. The number of carbonyl (C=O) groups excluding carboxylic acids is 3. The molecule has 4 aliphatic heterocycles. The van der Waals surface area contributed by atoms with E-state index in [1.807, 2.05) is 35.2 Å². The Morgan fingerprint density at radius 1 is 1.12 bits per heavy atom. The number of hydrogen-bond acceptors (Lipinski definition) is 4. The van der Waals surface area contributed by atoms with Gasteiger partial charge in [0, 0.05) is 25.7 Å². The van der Waals surface area contributed by atoms with Gasteiger partial charge in [-0.05, 0) is 18.4 Å². The molecule has 26 heavy (non-hydrogen) atoms. The SMILES string of the molecule is O=C(CN1CCOC1=O)N1C[C@@H]2CC[C@H](C1)N(Cc1ccccc1)C2=O. The minimum Gasteiger partial charge on any atom is -0.448 e. The van der Waals surface area contributed by atoms with Crippen molar-refractivity contribution in [2.45, 2.75) is 25.4 Å². The van der Waals surface area contributed by atoms with Crippen molar-refractivity contribution in [3.8, 4) is 0 Å². The first-order valence-corrected chi connectivity index (χ1v) is 9.15. The average Bonchev–Trinajstić information content (AvgIpc) is 2.87. The molecule has 1 aromatic carbocycles. The fourth-order valence-corrected chi connectivity index (χ4v) is 4.06. The first-order valence-electron chi connectivity index (χ1n) is 9.15. The number of fused-ring (bicyclic) bond motifs is 4. The van der Waals surface area contributed by atoms with E-state index in [2.05, 4.69) is 0 Å². The van der Waals surface area contributed by atoms with Gasteiger partial charge in [0.2, 0.25) is 11.8 Å². The summed E-state index contributed by atoms with van der Waals surface area (Å²) >= 11 is 0. The van der Waals surface area contributed by atoms with Crippen LogP contribution in [0, 0.1) is 5.92 Å². The van der Waals surface area contributed by atoms with Gasteiger partial charge in [0.15, 0.2) is 0 Å². The Kier molecular flexibility index (Phi) is 4.53. The van der Waals surface area contributed by atoms with E-state index in [0.29, 0.717) is 32.8 Å². The number of benzene rings is 1. The Hall–Kier alpha value is -2.57. The van der Waals surface area contributed by atoms with Gasteiger partial charge in [-0.25, -0.2) is 4.79 Å². The highest BCUT2D eigenvalue weighted by atomic mass is 16.6. The third-order valence-electron chi connectivity index (χ3n) is 5.51. The van der Waals surface area contributed by atoms with E-state index < -0.39 is 6.09 Å². The molecule has 0 radical (unpaired) electrons. The van der Waals surface area contributed by atoms with Crippen LogP contribution in [0.5, 0.6) is 0 Å². The first kappa shape index (κ1) is 16.9. The van der Waals surface area contributed by atoms with Crippen LogP contribution in [0.2, 0.25) is 0 Å². The molecule has 3 amide bonds. The van der Waals surface area contributed by atoms with E-state index in [1.165, 1.54) is 4.90 Å².